The van der Waals surface area contributed by atoms with Gasteiger partial charge in [0.1, 0.15) is 0 Å². The number of piperidine rings is 1. The smallest absolute Gasteiger partial charge is 0.255 e. The minimum absolute atomic E-state index is 0. The number of halogens is 2. The first kappa shape index (κ1) is 21.2. The van der Waals surface area contributed by atoms with E-state index in [2.05, 4.69) is 39.5 Å². The number of carbonyl (C=O) groups excluding carboxylic acids is 1. The summed E-state index contributed by atoms with van der Waals surface area (Å²) in [4.78, 5) is 18.7. The summed E-state index contributed by atoms with van der Waals surface area (Å²) >= 11 is 0. The molecule has 136 valence electrons. The molecule has 2 aromatic rings. The first-order valence-electron chi connectivity index (χ1n) is 7.99. The lowest BCUT2D eigenvalue weighted by Gasteiger charge is -2.33. The van der Waals surface area contributed by atoms with Crippen LogP contribution in [0.4, 0.5) is 5.69 Å². The highest BCUT2D eigenvalue weighted by Crippen LogP contribution is 2.15. The second-order valence-electron chi connectivity index (χ2n) is 6.00. The summed E-state index contributed by atoms with van der Waals surface area (Å²) in [5.41, 5.74) is 8.07. The van der Waals surface area contributed by atoms with Gasteiger partial charge in [-0.1, -0.05) is 30.3 Å². The number of rotatable bonds is 4. The zero-order chi connectivity index (χ0) is 16.1. The van der Waals surface area contributed by atoms with Crippen LogP contribution in [0.1, 0.15) is 28.8 Å². The Bertz CT molecular complexity index is 669. The molecule has 7 heteroatoms. The van der Waals surface area contributed by atoms with Crippen LogP contribution in [-0.2, 0) is 6.54 Å². The van der Waals surface area contributed by atoms with Crippen molar-refractivity contribution >= 4 is 36.4 Å². The highest BCUT2D eigenvalue weighted by atomic mass is 35.5. The average molecular weight is 383 g/mol. The normalized spacial score (nSPS) is 17.0. The number of likely N-dealkylation sites (tertiary alicyclic amines) is 1. The summed E-state index contributed by atoms with van der Waals surface area (Å²) in [5, 5.41) is 3.09. The lowest BCUT2D eigenvalue weighted by molar-refractivity contribution is 0.0901. The van der Waals surface area contributed by atoms with Crippen LogP contribution in [0.3, 0.4) is 0 Å². The van der Waals surface area contributed by atoms with Gasteiger partial charge in [0.15, 0.2) is 0 Å². The highest BCUT2D eigenvalue weighted by Gasteiger charge is 2.22. The van der Waals surface area contributed by atoms with Gasteiger partial charge >= 0.3 is 0 Å². The molecule has 1 amide bonds. The maximum atomic E-state index is 12.3. The third kappa shape index (κ3) is 5.88. The number of hydrogen-bond acceptors (Lipinski definition) is 4. The van der Waals surface area contributed by atoms with E-state index in [1.807, 2.05) is 6.07 Å². The number of pyridine rings is 1. The van der Waals surface area contributed by atoms with Gasteiger partial charge in [0.25, 0.3) is 5.91 Å². The average Bonchev–Trinajstić information content (AvgIpc) is 2.56. The van der Waals surface area contributed by atoms with Crippen molar-refractivity contribution in [1.29, 1.82) is 0 Å². The molecule has 1 aliphatic heterocycles. The molecule has 1 aromatic carbocycles. The molecule has 25 heavy (non-hydrogen) atoms. The van der Waals surface area contributed by atoms with E-state index in [9.17, 15) is 4.79 Å². The number of amides is 1. The number of hydrogen-bond donors (Lipinski definition) is 2. The van der Waals surface area contributed by atoms with Gasteiger partial charge in [-0.15, -0.1) is 24.8 Å². The van der Waals surface area contributed by atoms with Crippen LogP contribution in [0.2, 0.25) is 0 Å². The van der Waals surface area contributed by atoms with E-state index in [-0.39, 0.29) is 36.8 Å². The fourth-order valence-electron chi connectivity index (χ4n) is 3.02. The maximum Gasteiger partial charge on any atom is 0.255 e. The number of nitrogens with two attached hydrogens (primary N) is 1. The Balaban J connectivity index is 0.00000156. The largest absolute Gasteiger partial charge is 0.398 e. The zero-order valence-corrected chi connectivity index (χ0v) is 15.6. The molecule has 0 bridgehead atoms. The summed E-state index contributed by atoms with van der Waals surface area (Å²) in [6.45, 7) is 2.85. The standard InChI is InChI=1S/C18H22N4O.2ClH/c19-17-8-9-20-11-16(17)18(23)21-15-7-4-10-22(13-15)12-14-5-2-1-3-6-14;;/h1-3,5-6,8-9,11,15H,4,7,10,12-13H2,(H2,19,20)(H,21,23);2*1H. The van der Waals surface area contributed by atoms with E-state index in [0.29, 0.717) is 11.3 Å². The molecule has 0 radical (unpaired) electrons. The number of nitrogens with zero attached hydrogens (tertiary/aromatic N) is 2. The number of anilines is 1. The van der Waals surface area contributed by atoms with Crippen LogP contribution < -0.4 is 11.1 Å². The zero-order valence-electron chi connectivity index (χ0n) is 13.9. The summed E-state index contributed by atoms with van der Waals surface area (Å²) in [6, 6.07) is 12.2. The minimum atomic E-state index is -0.137. The Hall–Kier alpha value is -1.82. The van der Waals surface area contributed by atoms with Gasteiger partial charge in [-0.2, -0.15) is 0 Å². The Morgan fingerprint density at radius 1 is 1.24 bits per heavy atom. The summed E-state index contributed by atoms with van der Waals surface area (Å²) in [7, 11) is 0. The minimum Gasteiger partial charge on any atom is -0.398 e. The number of benzene rings is 1. The van der Waals surface area contributed by atoms with Gasteiger partial charge in [-0.3, -0.25) is 14.7 Å². The van der Waals surface area contributed by atoms with Gasteiger partial charge < -0.3 is 11.1 Å². The second kappa shape index (κ2) is 10.2. The van der Waals surface area contributed by atoms with Crippen molar-refractivity contribution in [1.82, 2.24) is 15.2 Å². The van der Waals surface area contributed by atoms with Crippen molar-refractivity contribution in [3.63, 3.8) is 0 Å². The first-order valence-corrected chi connectivity index (χ1v) is 7.99. The second-order valence-corrected chi connectivity index (χ2v) is 6.00. The number of nitrogen functional groups attached to an aromatic ring is 1. The molecule has 0 aliphatic carbocycles. The highest BCUT2D eigenvalue weighted by molar-refractivity contribution is 5.98. The Morgan fingerprint density at radius 2 is 2.00 bits per heavy atom. The third-order valence-electron chi connectivity index (χ3n) is 4.19. The van der Waals surface area contributed by atoms with Crippen LogP contribution >= 0.6 is 24.8 Å². The van der Waals surface area contributed by atoms with E-state index in [1.54, 1.807) is 12.3 Å². The molecule has 1 aromatic heterocycles. The molecule has 3 rings (SSSR count). The van der Waals surface area contributed by atoms with E-state index in [1.165, 1.54) is 11.8 Å². The van der Waals surface area contributed by atoms with Crippen LogP contribution in [0.25, 0.3) is 0 Å². The predicted molar refractivity (Wildman–Crippen MR) is 105 cm³/mol. The number of aromatic nitrogens is 1. The van der Waals surface area contributed by atoms with Crippen molar-refractivity contribution in [2.24, 2.45) is 0 Å². The number of nitrogens with one attached hydrogen (secondary N) is 1. The van der Waals surface area contributed by atoms with Gasteiger partial charge in [0, 0.05) is 37.2 Å². The molecule has 1 atom stereocenters. The van der Waals surface area contributed by atoms with Crippen LogP contribution in [0.15, 0.2) is 48.8 Å². The lowest BCUT2D eigenvalue weighted by atomic mass is 10.0. The maximum absolute atomic E-state index is 12.3. The Kier molecular flexibility index (Phi) is 8.69. The topological polar surface area (TPSA) is 71.2 Å². The van der Waals surface area contributed by atoms with E-state index < -0.39 is 0 Å². The van der Waals surface area contributed by atoms with Crippen molar-refractivity contribution < 1.29 is 4.79 Å². The SMILES string of the molecule is Cl.Cl.Nc1ccncc1C(=O)NC1CCCN(Cc2ccccc2)C1. The summed E-state index contributed by atoms with van der Waals surface area (Å²) < 4.78 is 0. The monoisotopic (exact) mass is 382 g/mol. The van der Waals surface area contributed by atoms with Gasteiger partial charge in [0.05, 0.1) is 5.56 Å². The molecule has 0 spiro atoms. The lowest BCUT2D eigenvalue weighted by Crippen LogP contribution is -2.47. The van der Waals surface area contributed by atoms with Crippen molar-refractivity contribution in [3.05, 3.63) is 59.9 Å². The molecule has 5 nitrogen and oxygen atoms in total. The fraction of sp³-hybridized carbons (Fsp3) is 0.333. The molecule has 0 saturated carbocycles. The van der Waals surface area contributed by atoms with E-state index in [4.69, 9.17) is 5.73 Å². The molecule has 1 aliphatic rings. The van der Waals surface area contributed by atoms with Crippen molar-refractivity contribution in [3.8, 4) is 0 Å². The van der Waals surface area contributed by atoms with Gasteiger partial charge in [-0.25, -0.2) is 0 Å². The summed E-state index contributed by atoms with van der Waals surface area (Å²) in [6.07, 6.45) is 5.20. The van der Waals surface area contributed by atoms with Crippen molar-refractivity contribution in [2.75, 3.05) is 18.8 Å². The molecule has 2 heterocycles. The number of carbonyl (C=O) groups is 1. The van der Waals surface area contributed by atoms with Gasteiger partial charge in [-0.05, 0) is 31.0 Å². The van der Waals surface area contributed by atoms with Gasteiger partial charge in [0.2, 0.25) is 0 Å². The van der Waals surface area contributed by atoms with E-state index >= 15 is 0 Å². The molecular weight excluding hydrogens is 359 g/mol. The molecule has 1 unspecified atom stereocenters. The predicted octanol–water partition coefficient (Wildman–Crippen LogP) is 2.90. The van der Waals surface area contributed by atoms with Crippen molar-refractivity contribution in [2.45, 2.75) is 25.4 Å². The van der Waals surface area contributed by atoms with E-state index in [0.717, 1.165) is 32.5 Å². The molecule has 1 fully saturated rings. The van der Waals surface area contributed by atoms with Crippen LogP contribution in [0.5, 0.6) is 0 Å². The third-order valence-corrected chi connectivity index (χ3v) is 4.19. The molecule has 3 N–H and O–H groups in total. The fourth-order valence-corrected chi connectivity index (χ4v) is 3.02. The first-order chi connectivity index (χ1) is 11.2. The quantitative estimate of drug-likeness (QED) is 0.852. The van der Waals surface area contributed by atoms with Crippen LogP contribution in [-0.4, -0.2) is 34.9 Å². The molecule has 1 saturated heterocycles. The Labute approximate surface area is 160 Å². The van der Waals surface area contributed by atoms with Crippen LogP contribution in [0, 0.1) is 0 Å². The molecular formula is C18H24Cl2N4O. The summed E-state index contributed by atoms with van der Waals surface area (Å²) in [5.74, 6) is -0.137. The Morgan fingerprint density at radius 3 is 2.72 bits per heavy atom.